The summed E-state index contributed by atoms with van der Waals surface area (Å²) < 4.78 is 5.15. The number of thiophene rings is 1. The van der Waals surface area contributed by atoms with Gasteiger partial charge in [-0.15, -0.1) is 11.3 Å². The smallest absolute Gasteiger partial charge is 0.223 e. The van der Waals surface area contributed by atoms with Crippen molar-refractivity contribution >= 4 is 33.3 Å². The second-order valence-corrected chi connectivity index (χ2v) is 5.38. The Kier molecular flexibility index (Phi) is 4.55. The molecule has 0 saturated carbocycles. The van der Waals surface area contributed by atoms with Crippen LogP contribution in [0.3, 0.4) is 0 Å². The molecule has 2 aromatic rings. The molecule has 0 atom stereocenters. The molecule has 0 saturated heterocycles. The van der Waals surface area contributed by atoms with Gasteiger partial charge in [-0.25, -0.2) is 4.98 Å². The molecule has 0 aliphatic rings. The third kappa shape index (κ3) is 2.96. The van der Waals surface area contributed by atoms with E-state index < -0.39 is 0 Å². The van der Waals surface area contributed by atoms with E-state index in [-0.39, 0.29) is 0 Å². The van der Waals surface area contributed by atoms with Crippen LogP contribution >= 0.6 is 11.3 Å². The van der Waals surface area contributed by atoms with E-state index >= 15 is 0 Å². The fourth-order valence-corrected chi connectivity index (χ4v) is 2.97. The van der Waals surface area contributed by atoms with Crippen LogP contribution < -0.4 is 10.6 Å². The second-order valence-electron chi connectivity index (χ2n) is 4.26. The Bertz CT molecular complexity index is 555. The lowest BCUT2D eigenvalue weighted by Crippen LogP contribution is -2.28. The molecule has 0 unspecified atom stereocenters. The number of nitrogens with zero attached hydrogens (tertiary/aromatic N) is 3. The Morgan fingerprint density at radius 1 is 1.37 bits per heavy atom. The van der Waals surface area contributed by atoms with Gasteiger partial charge in [-0.3, -0.25) is 0 Å². The summed E-state index contributed by atoms with van der Waals surface area (Å²) in [6.07, 6.45) is 1.00. The Morgan fingerprint density at radius 2 is 2.16 bits per heavy atom. The van der Waals surface area contributed by atoms with Crippen LogP contribution in [-0.2, 0) is 11.2 Å². The maximum atomic E-state index is 5.82. The minimum atomic E-state index is 0.336. The van der Waals surface area contributed by atoms with Crippen LogP contribution in [0.4, 0.5) is 11.8 Å². The van der Waals surface area contributed by atoms with Gasteiger partial charge in [-0.1, -0.05) is 6.92 Å². The van der Waals surface area contributed by atoms with Crippen molar-refractivity contribution in [2.24, 2.45) is 0 Å². The van der Waals surface area contributed by atoms with Crippen molar-refractivity contribution in [3.05, 3.63) is 10.9 Å². The van der Waals surface area contributed by atoms with Crippen molar-refractivity contribution in [3.63, 3.8) is 0 Å². The standard InChI is InChI=1S/C13H20N4OS/c1-4-9-8-10-11(17(5-2)6-7-18-3)15-13(14)16-12(10)19-9/h8H,4-7H2,1-3H3,(H2,14,15,16). The molecule has 2 N–H and O–H groups in total. The average molecular weight is 280 g/mol. The van der Waals surface area contributed by atoms with Crippen molar-refractivity contribution in [1.82, 2.24) is 9.97 Å². The molecule has 2 aromatic heterocycles. The molecule has 0 aliphatic carbocycles. The van der Waals surface area contributed by atoms with Crippen LogP contribution in [0.2, 0.25) is 0 Å². The van der Waals surface area contributed by atoms with E-state index in [1.54, 1.807) is 18.4 Å². The lowest BCUT2D eigenvalue weighted by atomic mass is 10.3. The lowest BCUT2D eigenvalue weighted by molar-refractivity contribution is 0.205. The van der Waals surface area contributed by atoms with Gasteiger partial charge >= 0.3 is 0 Å². The van der Waals surface area contributed by atoms with Crippen molar-refractivity contribution in [2.75, 3.05) is 37.4 Å². The first kappa shape index (κ1) is 14.0. The minimum absolute atomic E-state index is 0.336. The average Bonchev–Trinajstić information content (AvgIpc) is 2.82. The molecule has 2 rings (SSSR count). The lowest BCUT2D eigenvalue weighted by Gasteiger charge is -2.22. The van der Waals surface area contributed by atoms with Gasteiger partial charge in [0.15, 0.2) is 0 Å². The van der Waals surface area contributed by atoms with Crippen molar-refractivity contribution < 1.29 is 4.74 Å². The van der Waals surface area contributed by atoms with Crippen molar-refractivity contribution in [1.29, 1.82) is 0 Å². The molecule has 0 aliphatic heterocycles. The molecule has 0 spiro atoms. The molecular formula is C13H20N4OS. The molecule has 0 aromatic carbocycles. The van der Waals surface area contributed by atoms with E-state index in [4.69, 9.17) is 10.5 Å². The first-order chi connectivity index (χ1) is 9.19. The first-order valence-corrected chi connectivity index (χ1v) is 7.31. The summed E-state index contributed by atoms with van der Waals surface area (Å²) in [6, 6.07) is 2.17. The highest BCUT2D eigenvalue weighted by atomic mass is 32.1. The first-order valence-electron chi connectivity index (χ1n) is 6.49. The molecule has 0 bridgehead atoms. The number of anilines is 2. The van der Waals surface area contributed by atoms with Crippen molar-refractivity contribution in [3.8, 4) is 0 Å². The fourth-order valence-electron chi connectivity index (χ4n) is 2.00. The highest BCUT2D eigenvalue weighted by Crippen LogP contribution is 2.31. The van der Waals surface area contributed by atoms with Crippen molar-refractivity contribution in [2.45, 2.75) is 20.3 Å². The maximum absolute atomic E-state index is 5.82. The Morgan fingerprint density at radius 3 is 2.79 bits per heavy atom. The van der Waals surface area contributed by atoms with Gasteiger partial charge in [0.2, 0.25) is 5.95 Å². The molecule has 6 heteroatoms. The summed E-state index contributed by atoms with van der Waals surface area (Å²) in [4.78, 5) is 13.2. The number of fused-ring (bicyclic) bond motifs is 1. The zero-order valence-corrected chi connectivity index (χ0v) is 12.5. The molecule has 5 nitrogen and oxygen atoms in total. The topological polar surface area (TPSA) is 64.3 Å². The van der Waals surface area contributed by atoms with Gasteiger partial charge in [-0.05, 0) is 19.4 Å². The third-order valence-electron chi connectivity index (χ3n) is 3.04. The third-order valence-corrected chi connectivity index (χ3v) is 4.21. The number of likely N-dealkylation sites (N-methyl/N-ethyl adjacent to an activating group) is 1. The van der Waals surface area contributed by atoms with E-state index in [0.29, 0.717) is 12.6 Å². The van der Waals surface area contributed by atoms with Gasteiger partial charge < -0.3 is 15.4 Å². The predicted molar refractivity (Wildman–Crippen MR) is 81.0 cm³/mol. The summed E-state index contributed by atoms with van der Waals surface area (Å²) in [5.41, 5.74) is 5.82. The number of methoxy groups -OCH3 is 1. The fraction of sp³-hybridized carbons (Fsp3) is 0.538. The predicted octanol–water partition coefficient (Wildman–Crippen LogP) is 2.31. The molecule has 19 heavy (non-hydrogen) atoms. The molecule has 0 radical (unpaired) electrons. The zero-order valence-electron chi connectivity index (χ0n) is 11.6. The quantitative estimate of drug-likeness (QED) is 0.879. The number of nitrogen functional groups attached to an aromatic ring is 1. The Hall–Kier alpha value is -1.40. The normalized spacial score (nSPS) is 11.1. The number of ether oxygens (including phenoxy) is 1. The van der Waals surface area contributed by atoms with E-state index in [1.165, 1.54) is 4.88 Å². The minimum Gasteiger partial charge on any atom is -0.383 e. The molecular weight excluding hydrogens is 260 g/mol. The molecule has 2 heterocycles. The van der Waals surface area contributed by atoms with E-state index in [0.717, 1.165) is 35.5 Å². The monoisotopic (exact) mass is 280 g/mol. The Labute approximate surface area is 117 Å². The second kappa shape index (κ2) is 6.16. The van der Waals surface area contributed by atoms with E-state index in [1.807, 2.05) is 0 Å². The molecule has 104 valence electrons. The van der Waals surface area contributed by atoms with Gasteiger partial charge in [0.1, 0.15) is 10.6 Å². The van der Waals surface area contributed by atoms with Crippen LogP contribution in [0, 0.1) is 0 Å². The number of aryl methyl sites for hydroxylation is 1. The number of aromatic nitrogens is 2. The maximum Gasteiger partial charge on any atom is 0.223 e. The van der Waals surface area contributed by atoms with Crippen LogP contribution in [-0.4, -0.2) is 36.8 Å². The summed E-state index contributed by atoms with van der Waals surface area (Å²) in [7, 11) is 1.71. The van der Waals surface area contributed by atoms with E-state index in [9.17, 15) is 0 Å². The van der Waals surface area contributed by atoms with Crippen LogP contribution in [0.5, 0.6) is 0 Å². The van der Waals surface area contributed by atoms with Gasteiger partial charge in [0, 0.05) is 25.1 Å². The number of hydrogen-bond donors (Lipinski definition) is 1. The number of hydrogen-bond acceptors (Lipinski definition) is 6. The van der Waals surface area contributed by atoms with E-state index in [2.05, 4.69) is 34.8 Å². The SMILES string of the molecule is CCc1cc2c(N(CC)CCOC)nc(N)nc2s1. The molecule has 0 amide bonds. The summed E-state index contributed by atoms with van der Waals surface area (Å²) in [5.74, 6) is 1.25. The van der Waals surface area contributed by atoms with Crippen LogP contribution in [0.25, 0.3) is 10.2 Å². The van der Waals surface area contributed by atoms with Crippen LogP contribution in [0.15, 0.2) is 6.07 Å². The Balaban J connectivity index is 2.47. The summed E-state index contributed by atoms with van der Waals surface area (Å²) in [6.45, 7) is 6.59. The summed E-state index contributed by atoms with van der Waals surface area (Å²) in [5, 5.41) is 1.09. The molecule has 0 fully saturated rings. The summed E-state index contributed by atoms with van der Waals surface area (Å²) >= 11 is 1.69. The highest BCUT2D eigenvalue weighted by molar-refractivity contribution is 7.18. The van der Waals surface area contributed by atoms with Gasteiger partial charge in [-0.2, -0.15) is 4.98 Å². The largest absolute Gasteiger partial charge is 0.383 e. The number of nitrogens with two attached hydrogens (primary N) is 1. The van der Waals surface area contributed by atoms with Gasteiger partial charge in [0.05, 0.1) is 12.0 Å². The highest BCUT2D eigenvalue weighted by Gasteiger charge is 2.15. The number of rotatable bonds is 6. The van der Waals surface area contributed by atoms with Crippen LogP contribution in [0.1, 0.15) is 18.7 Å². The van der Waals surface area contributed by atoms with Gasteiger partial charge in [0.25, 0.3) is 0 Å². The zero-order chi connectivity index (χ0) is 13.8.